The molecule has 0 aromatic carbocycles. The van der Waals surface area contributed by atoms with Crippen molar-refractivity contribution in [3.05, 3.63) is 47.4 Å². The van der Waals surface area contributed by atoms with Gasteiger partial charge >= 0.3 is 0 Å². The lowest BCUT2D eigenvalue weighted by atomic mass is 9.97. The van der Waals surface area contributed by atoms with Crippen LogP contribution in [0, 0.1) is 0 Å². The molecule has 1 aliphatic heterocycles. The fourth-order valence-electron chi connectivity index (χ4n) is 4.75. The summed E-state index contributed by atoms with van der Waals surface area (Å²) in [6, 6.07) is 6.10. The molecule has 0 spiro atoms. The third-order valence-corrected chi connectivity index (χ3v) is 8.03. The number of carbonyl (C=O) groups is 1. The van der Waals surface area contributed by atoms with Crippen molar-refractivity contribution < 1.29 is 4.79 Å². The minimum Gasteiger partial charge on any atom is -0.343 e. The van der Waals surface area contributed by atoms with Gasteiger partial charge in [-0.05, 0) is 63.5 Å². The number of carbonyl (C=O) groups excluding carboxylic acids is 1. The van der Waals surface area contributed by atoms with Crippen LogP contribution in [0.2, 0.25) is 0 Å². The van der Waals surface area contributed by atoms with Gasteiger partial charge in [-0.15, -0.1) is 11.3 Å². The van der Waals surface area contributed by atoms with Crippen LogP contribution in [-0.2, 0) is 17.6 Å². The second kappa shape index (κ2) is 11.3. The number of nitrogens with zero attached hydrogens (tertiary/aromatic N) is 7. The van der Waals surface area contributed by atoms with Gasteiger partial charge in [0.05, 0.1) is 10.9 Å². The Morgan fingerprint density at radius 3 is 2.75 bits per heavy atom. The summed E-state index contributed by atoms with van der Waals surface area (Å²) >= 11 is 1.82. The second-order valence-electron chi connectivity index (χ2n) is 9.64. The first-order valence-corrected chi connectivity index (χ1v) is 13.4. The quantitative estimate of drug-likeness (QED) is 0.402. The number of anilines is 2. The Morgan fingerprint density at radius 2 is 1.94 bits per heavy atom. The number of fused-ring (bicyclic) bond motifs is 4. The topological polar surface area (TPSA) is 81.9 Å². The van der Waals surface area contributed by atoms with Gasteiger partial charge in [0.1, 0.15) is 17.0 Å². The number of aromatic nitrogens is 4. The van der Waals surface area contributed by atoms with Crippen molar-refractivity contribution in [2.24, 2.45) is 0 Å². The molecule has 0 saturated carbocycles. The van der Waals surface area contributed by atoms with E-state index >= 15 is 0 Å². The zero-order valence-corrected chi connectivity index (χ0v) is 21.9. The molecule has 0 atom stereocenters. The molecular weight excluding hydrogens is 472 g/mol. The number of nitrogens with one attached hydrogen (secondary N) is 1. The van der Waals surface area contributed by atoms with E-state index in [9.17, 15) is 4.79 Å². The number of thiophene rings is 1. The summed E-state index contributed by atoms with van der Waals surface area (Å²) in [5.74, 6) is 0.915. The van der Waals surface area contributed by atoms with Gasteiger partial charge in [0.15, 0.2) is 0 Å². The van der Waals surface area contributed by atoms with Gasteiger partial charge in [-0.1, -0.05) is 0 Å². The van der Waals surface area contributed by atoms with Gasteiger partial charge in [0.25, 0.3) is 0 Å². The third kappa shape index (κ3) is 5.66. The van der Waals surface area contributed by atoms with Crippen molar-refractivity contribution in [2.45, 2.75) is 25.7 Å². The fraction of sp³-hybridized carbons (Fsp3) is 0.462. The highest BCUT2D eigenvalue weighted by Gasteiger charge is 2.20. The number of hydrogen-bond donors (Lipinski definition) is 1. The van der Waals surface area contributed by atoms with Crippen LogP contribution in [-0.4, -0.2) is 94.1 Å². The maximum Gasteiger partial charge on any atom is 0.209 e. The van der Waals surface area contributed by atoms with Crippen LogP contribution in [0.15, 0.2) is 36.9 Å². The van der Waals surface area contributed by atoms with Crippen LogP contribution in [0.4, 0.5) is 11.5 Å². The Hall–Kier alpha value is -3.08. The first-order valence-electron chi connectivity index (χ1n) is 12.6. The molecule has 5 heterocycles. The average Bonchev–Trinajstić information content (AvgIpc) is 3.53. The van der Waals surface area contributed by atoms with E-state index in [-0.39, 0.29) is 0 Å². The molecule has 9 nitrogen and oxygen atoms in total. The number of hydrogen-bond acceptors (Lipinski definition) is 8. The van der Waals surface area contributed by atoms with E-state index in [0.717, 1.165) is 74.0 Å². The monoisotopic (exact) mass is 506 g/mol. The molecule has 1 saturated heterocycles. The highest BCUT2D eigenvalue weighted by Crippen LogP contribution is 2.38. The van der Waals surface area contributed by atoms with Crippen LogP contribution in [0.1, 0.15) is 23.3 Å². The van der Waals surface area contributed by atoms with E-state index in [2.05, 4.69) is 50.3 Å². The van der Waals surface area contributed by atoms with E-state index in [1.807, 2.05) is 39.1 Å². The number of pyridine rings is 1. The van der Waals surface area contributed by atoms with Crippen molar-refractivity contribution in [2.75, 3.05) is 58.7 Å². The largest absolute Gasteiger partial charge is 0.343 e. The van der Waals surface area contributed by atoms with Crippen LogP contribution in [0.3, 0.4) is 0 Å². The number of likely N-dealkylation sites (N-methyl/N-ethyl adjacent to an activating group) is 1. The Balaban J connectivity index is 0.000000176. The van der Waals surface area contributed by atoms with Gasteiger partial charge in [-0.2, -0.15) is 5.10 Å². The summed E-state index contributed by atoms with van der Waals surface area (Å²) in [5.41, 5.74) is 3.53. The Morgan fingerprint density at radius 1 is 1.11 bits per heavy atom. The molecule has 1 aliphatic carbocycles. The molecule has 0 unspecified atom stereocenters. The second-order valence-corrected chi connectivity index (χ2v) is 10.7. The zero-order valence-electron chi connectivity index (χ0n) is 21.1. The molecule has 4 aromatic rings. The van der Waals surface area contributed by atoms with Crippen molar-refractivity contribution in [3.63, 3.8) is 0 Å². The number of amides is 1. The van der Waals surface area contributed by atoms with E-state index in [0.29, 0.717) is 0 Å². The average molecular weight is 507 g/mol. The van der Waals surface area contributed by atoms with Crippen LogP contribution >= 0.6 is 11.3 Å². The lowest BCUT2D eigenvalue weighted by Crippen LogP contribution is -2.47. The number of piperazine rings is 1. The molecule has 6 rings (SSSR count). The summed E-state index contributed by atoms with van der Waals surface area (Å²) in [5, 5.41) is 8.92. The molecule has 4 aromatic heterocycles. The third-order valence-electron chi connectivity index (χ3n) is 6.83. The highest BCUT2D eigenvalue weighted by atomic mass is 32.1. The predicted octanol–water partition coefficient (Wildman–Crippen LogP) is 3.28. The van der Waals surface area contributed by atoms with Crippen molar-refractivity contribution in [1.29, 1.82) is 0 Å². The number of rotatable bonds is 6. The Labute approximate surface area is 215 Å². The molecule has 1 N–H and O–H groups in total. The normalized spacial score (nSPS) is 16.1. The molecule has 1 fully saturated rings. The molecule has 0 radical (unpaired) electrons. The Bertz CT molecular complexity index is 1310. The first-order chi connectivity index (χ1) is 17.6. The molecular formula is C26H34N8OS. The van der Waals surface area contributed by atoms with E-state index in [1.165, 1.54) is 35.1 Å². The van der Waals surface area contributed by atoms with Gasteiger partial charge in [-0.3, -0.25) is 9.69 Å². The minimum absolute atomic E-state index is 0.886. The van der Waals surface area contributed by atoms with Crippen LogP contribution in [0.5, 0.6) is 0 Å². The molecule has 10 heteroatoms. The minimum atomic E-state index is 0.886. The van der Waals surface area contributed by atoms with Gasteiger partial charge in [0.2, 0.25) is 6.41 Å². The summed E-state index contributed by atoms with van der Waals surface area (Å²) in [4.78, 5) is 28.4. The molecule has 1 amide bonds. The summed E-state index contributed by atoms with van der Waals surface area (Å²) < 4.78 is 1.85. The first kappa shape index (κ1) is 24.6. The molecule has 2 aliphatic rings. The summed E-state index contributed by atoms with van der Waals surface area (Å²) in [7, 11) is 4.17. The van der Waals surface area contributed by atoms with Crippen molar-refractivity contribution in [1.82, 2.24) is 34.3 Å². The van der Waals surface area contributed by atoms with Gasteiger partial charge in [-0.25, -0.2) is 14.5 Å². The lowest BCUT2D eigenvalue weighted by Gasteiger charge is -2.32. The highest BCUT2D eigenvalue weighted by molar-refractivity contribution is 7.19. The van der Waals surface area contributed by atoms with Crippen LogP contribution in [0.25, 0.3) is 15.7 Å². The molecule has 36 heavy (non-hydrogen) atoms. The molecule has 0 bridgehead atoms. The summed E-state index contributed by atoms with van der Waals surface area (Å²) in [6.07, 6.45) is 11.2. The van der Waals surface area contributed by atoms with E-state index in [4.69, 9.17) is 0 Å². The van der Waals surface area contributed by atoms with Crippen molar-refractivity contribution in [3.8, 4) is 0 Å². The smallest absolute Gasteiger partial charge is 0.209 e. The van der Waals surface area contributed by atoms with E-state index < -0.39 is 0 Å². The lowest BCUT2D eigenvalue weighted by molar-refractivity contribution is -0.119. The fourth-order valence-corrected chi connectivity index (χ4v) is 5.98. The maximum atomic E-state index is 10.4. The number of aryl methyl sites for hydroxylation is 2. The predicted molar refractivity (Wildman–Crippen MR) is 145 cm³/mol. The van der Waals surface area contributed by atoms with E-state index in [1.54, 1.807) is 12.5 Å². The SMILES string of the molecule is CN(C)CCN1CCN(C=O)CC1.c1nc(Nc2ccn3nccc3c2)c2c3c(sc2n1)CCCC3. The molecule has 190 valence electrons. The summed E-state index contributed by atoms with van der Waals surface area (Å²) in [6.45, 7) is 6.02. The van der Waals surface area contributed by atoms with Crippen LogP contribution < -0.4 is 5.32 Å². The van der Waals surface area contributed by atoms with Gasteiger partial charge in [0, 0.05) is 62.2 Å². The zero-order chi connectivity index (χ0) is 24.9. The standard InChI is InChI=1S/C17H15N5S.C9H19N3O/c1-2-4-14-13(3-1)15-16(18-10-19-17(15)23-14)21-11-6-8-22-12(9-11)5-7-20-22;1-10(2)3-4-11-5-7-12(9-13)8-6-11/h5-10H,1-4H2,(H,18,19,21);9H,3-8H2,1-2H3. The van der Waals surface area contributed by atoms with Crippen molar-refractivity contribution >= 4 is 45.0 Å². The maximum absolute atomic E-state index is 10.4. The van der Waals surface area contributed by atoms with Gasteiger partial charge < -0.3 is 15.1 Å². The Kier molecular flexibility index (Phi) is 7.74.